The number of nitrogens with zero attached hydrogens (tertiary/aromatic N) is 1. The summed E-state index contributed by atoms with van der Waals surface area (Å²) in [5.74, 6) is 0.616. The molecule has 1 aliphatic heterocycles. The van der Waals surface area contributed by atoms with Crippen molar-refractivity contribution in [3.63, 3.8) is 0 Å². The van der Waals surface area contributed by atoms with E-state index in [2.05, 4.69) is 4.90 Å². The Bertz CT molecular complexity index is 361. The standard InChI is InChI=1S/C13H18Cl2N2/c14-12-4-1-5-13(15)11(12)9-17-6-2-3-10(7-16)8-17/h1,4-5,10H,2-3,6-9,16H2. The zero-order valence-electron chi connectivity index (χ0n) is 9.83. The largest absolute Gasteiger partial charge is 0.330 e. The van der Waals surface area contributed by atoms with Gasteiger partial charge in [-0.3, -0.25) is 4.90 Å². The summed E-state index contributed by atoms with van der Waals surface area (Å²) < 4.78 is 0. The van der Waals surface area contributed by atoms with Gasteiger partial charge in [-0.15, -0.1) is 0 Å². The summed E-state index contributed by atoms with van der Waals surface area (Å²) in [6, 6.07) is 5.67. The van der Waals surface area contributed by atoms with Gasteiger partial charge in [0.15, 0.2) is 0 Å². The molecule has 0 radical (unpaired) electrons. The number of benzene rings is 1. The molecule has 0 amide bonds. The van der Waals surface area contributed by atoms with E-state index in [0.717, 1.165) is 41.8 Å². The molecular formula is C13H18Cl2N2. The topological polar surface area (TPSA) is 29.3 Å². The van der Waals surface area contributed by atoms with Crippen molar-refractivity contribution in [1.82, 2.24) is 4.90 Å². The highest BCUT2D eigenvalue weighted by molar-refractivity contribution is 6.35. The smallest absolute Gasteiger partial charge is 0.0465 e. The van der Waals surface area contributed by atoms with Gasteiger partial charge in [0, 0.05) is 28.7 Å². The minimum absolute atomic E-state index is 0.616. The second-order valence-corrected chi connectivity index (χ2v) is 5.49. The fraction of sp³-hybridized carbons (Fsp3) is 0.538. The Kier molecular flexibility index (Phi) is 4.69. The lowest BCUT2D eigenvalue weighted by Crippen LogP contribution is -2.37. The van der Waals surface area contributed by atoms with Crippen LogP contribution in [0.2, 0.25) is 10.0 Å². The Hall–Kier alpha value is -0.280. The first-order valence-electron chi connectivity index (χ1n) is 6.06. The third-order valence-electron chi connectivity index (χ3n) is 3.38. The minimum atomic E-state index is 0.616. The Labute approximate surface area is 113 Å². The molecule has 1 unspecified atom stereocenters. The lowest BCUT2D eigenvalue weighted by atomic mass is 9.98. The van der Waals surface area contributed by atoms with Crippen LogP contribution in [0.25, 0.3) is 0 Å². The third kappa shape index (κ3) is 3.35. The summed E-state index contributed by atoms with van der Waals surface area (Å²) in [5.41, 5.74) is 6.78. The van der Waals surface area contributed by atoms with Gasteiger partial charge in [-0.05, 0) is 44.0 Å². The molecular weight excluding hydrogens is 255 g/mol. The van der Waals surface area contributed by atoms with E-state index < -0.39 is 0 Å². The van der Waals surface area contributed by atoms with Crippen LogP contribution in [-0.2, 0) is 6.54 Å². The zero-order valence-corrected chi connectivity index (χ0v) is 11.3. The zero-order chi connectivity index (χ0) is 12.3. The summed E-state index contributed by atoms with van der Waals surface area (Å²) in [6.07, 6.45) is 2.45. The van der Waals surface area contributed by atoms with Crippen molar-refractivity contribution in [3.05, 3.63) is 33.8 Å². The van der Waals surface area contributed by atoms with Crippen molar-refractivity contribution in [2.75, 3.05) is 19.6 Å². The molecule has 0 bridgehead atoms. The van der Waals surface area contributed by atoms with Crippen LogP contribution in [0.15, 0.2) is 18.2 Å². The van der Waals surface area contributed by atoms with Crippen LogP contribution in [0.3, 0.4) is 0 Å². The van der Waals surface area contributed by atoms with Crippen molar-refractivity contribution in [2.24, 2.45) is 11.7 Å². The summed E-state index contributed by atoms with van der Waals surface area (Å²) in [4.78, 5) is 2.40. The molecule has 2 N–H and O–H groups in total. The first kappa shape index (κ1) is 13.2. The number of hydrogen-bond acceptors (Lipinski definition) is 2. The summed E-state index contributed by atoms with van der Waals surface area (Å²) in [6.45, 7) is 3.76. The highest BCUT2D eigenvalue weighted by atomic mass is 35.5. The Morgan fingerprint density at radius 2 is 2.00 bits per heavy atom. The fourth-order valence-electron chi connectivity index (χ4n) is 2.39. The number of hydrogen-bond donors (Lipinski definition) is 1. The van der Waals surface area contributed by atoms with Crippen molar-refractivity contribution >= 4 is 23.2 Å². The van der Waals surface area contributed by atoms with Crippen LogP contribution in [0.4, 0.5) is 0 Å². The molecule has 0 aromatic heterocycles. The summed E-state index contributed by atoms with van der Waals surface area (Å²) >= 11 is 12.4. The van der Waals surface area contributed by atoms with E-state index in [1.54, 1.807) is 0 Å². The van der Waals surface area contributed by atoms with Crippen molar-refractivity contribution in [3.8, 4) is 0 Å². The maximum Gasteiger partial charge on any atom is 0.0465 e. The number of likely N-dealkylation sites (tertiary alicyclic amines) is 1. The van der Waals surface area contributed by atoms with E-state index in [-0.39, 0.29) is 0 Å². The average Bonchev–Trinajstić information content (AvgIpc) is 2.34. The molecule has 1 saturated heterocycles. The van der Waals surface area contributed by atoms with E-state index in [0.29, 0.717) is 5.92 Å². The van der Waals surface area contributed by atoms with Crippen molar-refractivity contribution < 1.29 is 0 Å². The van der Waals surface area contributed by atoms with Gasteiger partial charge < -0.3 is 5.73 Å². The van der Waals surface area contributed by atoms with Crippen LogP contribution in [0.5, 0.6) is 0 Å². The van der Waals surface area contributed by atoms with Gasteiger partial charge in [0.05, 0.1) is 0 Å². The van der Waals surface area contributed by atoms with Gasteiger partial charge >= 0.3 is 0 Å². The number of piperidine rings is 1. The molecule has 1 fully saturated rings. The molecule has 1 atom stereocenters. The Morgan fingerprint density at radius 3 is 2.65 bits per heavy atom. The summed E-state index contributed by atoms with van der Waals surface area (Å²) in [7, 11) is 0. The van der Waals surface area contributed by atoms with Crippen LogP contribution in [-0.4, -0.2) is 24.5 Å². The fourth-order valence-corrected chi connectivity index (χ4v) is 2.91. The van der Waals surface area contributed by atoms with E-state index in [1.165, 1.54) is 12.8 Å². The first-order valence-corrected chi connectivity index (χ1v) is 6.81. The number of halogens is 2. The molecule has 0 aliphatic carbocycles. The van der Waals surface area contributed by atoms with E-state index in [1.807, 2.05) is 18.2 Å². The molecule has 1 heterocycles. The van der Waals surface area contributed by atoms with Gasteiger partial charge in [-0.25, -0.2) is 0 Å². The van der Waals surface area contributed by atoms with Gasteiger partial charge in [0.2, 0.25) is 0 Å². The van der Waals surface area contributed by atoms with Gasteiger partial charge in [0.25, 0.3) is 0 Å². The quantitative estimate of drug-likeness (QED) is 0.916. The molecule has 2 rings (SSSR count). The Morgan fingerprint density at radius 1 is 1.29 bits per heavy atom. The predicted octanol–water partition coefficient (Wildman–Crippen LogP) is 3.16. The lowest BCUT2D eigenvalue weighted by molar-refractivity contribution is 0.171. The monoisotopic (exact) mass is 272 g/mol. The van der Waals surface area contributed by atoms with E-state index in [9.17, 15) is 0 Å². The molecule has 17 heavy (non-hydrogen) atoms. The van der Waals surface area contributed by atoms with Crippen LogP contribution in [0.1, 0.15) is 18.4 Å². The SMILES string of the molecule is NCC1CCCN(Cc2c(Cl)cccc2Cl)C1. The van der Waals surface area contributed by atoms with Crippen molar-refractivity contribution in [1.29, 1.82) is 0 Å². The highest BCUT2D eigenvalue weighted by Gasteiger charge is 2.20. The molecule has 94 valence electrons. The molecule has 2 nitrogen and oxygen atoms in total. The third-order valence-corrected chi connectivity index (χ3v) is 4.09. The second kappa shape index (κ2) is 6.05. The maximum absolute atomic E-state index is 6.18. The van der Waals surface area contributed by atoms with E-state index in [4.69, 9.17) is 28.9 Å². The second-order valence-electron chi connectivity index (χ2n) is 4.68. The average molecular weight is 273 g/mol. The molecule has 1 aliphatic rings. The molecule has 0 saturated carbocycles. The van der Waals surface area contributed by atoms with Crippen molar-refractivity contribution in [2.45, 2.75) is 19.4 Å². The first-order chi connectivity index (χ1) is 8.20. The van der Waals surface area contributed by atoms with Crippen LogP contribution < -0.4 is 5.73 Å². The predicted molar refractivity (Wildman–Crippen MR) is 73.5 cm³/mol. The Balaban J connectivity index is 2.05. The number of rotatable bonds is 3. The number of nitrogens with two attached hydrogens (primary N) is 1. The molecule has 4 heteroatoms. The maximum atomic E-state index is 6.18. The van der Waals surface area contributed by atoms with Gasteiger partial charge in [-0.2, -0.15) is 0 Å². The van der Waals surface area contributed by atoms with Crippen LogP contribution >= 0.6 is 23.2 Å². The van der Waals surface area contributed by atoms with Gasteiger partial charge in [0.1, 0.15) is 0 Å². The van der Waals surface area contributed by atoms with Crippen LogP contribution in [0, 0.1) is 5.92 Å². The summed E-state index contributed by atoms with van der Waals surface area (Å²) in [5, 5.41) is 1.51. The minimum Gasteiger partial charge on any atom is -0.330 e. The van der Waals surface area contributed by atoms with Gasteiger partial charge in [-0.1, -0.05) is 29.3 Å². The lowest BCUT2D eigenvalue weighted by Gasteiger charge is -2.32. The highest BCUT2D eigenvalue weighted by Crippen LogP contribution is 2.27. The molecule has 1 aromatic carbocycles. The molecule has 0 spiro atoms. The normalized spacial score (nSPS) is 21.7. The van der Waals surface area contributed by atoms with E-state index >= 15 is 0 Å². The molecule has 1 aromatic rings.